The van der Waals surface area contributed by atoms with Gasteiger partial charge in [0.05, 0.1) is 17.8 Å². The quantitative estimate of drug-likeness (QED) is 0.765. The molecular formula is C19H28BFO4. The van der Waals surface area contributed by atoms with E-state index in [9.17, 15) is 4.39 Å². The Bertz CT molecular complexity index is 583. The van der Waals surface area contributed by atoms with Crippen molar-refractivity contribution in [3.8, 4) is 0 Å². The third-order valence-electron chi connectivity index (χ3n) is 5.43. The van der Waals surface area contributed by atoms with Crippen molar-refractivity contribution in [2.24, 2.45) is 0 Å². The molecule has 4 nitrogen and oxygen atoms in total. The zero-order chi connectivity index (χ0) is 18.1. The second-order valence-corrected chi connectivity index (χ2v) is 7.85. The summed E-state index contributed by atoms with van der Waals surface area (Å²) in [5.41, 5.74) is 0.883. The largest absolute Gasteiger partial charge is 0.495 e. The zero-order valence-electron chi connectivity index (χ0n) is 15.6. The van der Waals surface area contributed by atoms with E-state index in [4.69, 9.17) is 18.8 Å². The number of halogens is 1. The van der Waals surface area contributed by atoms with Crippen LogP contribution >= 0.6 is 0 Å². The van der Waals surface area contributed by atoms with E-state index in [1.807, 2.05) is 27.7 Å². The first kappa shape index (κ1) is 18.8. The minimum atomic E-state index is -0.494. The van der Waals surface area contributed by atoms with Gasteiger partial charge in [0.1, 0.15) is 5.82 Å². The molecule has 2 fully saturated rings. The van der Waals surface area contributed by atoms with Crippen LogP contribution in [0.4, 0.5) is 4.39 Å². The van der Waals surface area contributed by atoms with Crippen molar-refractivity contribution in [2.75, 3.05) is 13.2 Å². The van der Waals surface area contributed by atoms with Crippen LogP contribution in [-0.4, -0.2) is 37.8 Å². The van der Waals surface area contributed by atoms with E-state index in [-0.39, 0.29) is 12.1 Å². The van der Waals surface area contributed by atoms with Gasteiger partial charge in [-0.15, -0.1) is 0 Å². The van der Waals surface area contributed by atoms with E-state index >= 15 is 0 Å². The molecule has 0 aromatic heterocycles. The molecule has 0 aliphatic carbocycles. The van der Waals surface area contributed by atoms with Gasteiger partial charge in [0.2, 0.25) is 0 Å². The van der Waals surface area contributed by atoms with Gasteiger partial charge in [-0.3, -0.25) is 0 Å². The first-order chi connectivity index (χ1) is 11.8. The van der Waals surface area contributed by atoms with Crippen molar-refractivity contribution in [3.63, 3.8) is 0 Å². The van der Waals surface area contributed by atoms with E-state index in [2.05, 4.69) is 0 Å². The lowest BCUT2D eigenvalue weighted by Crippen LogP contribution is -2.41. The minimum Gasteiger partial charge on any atom is -0.399 e. The van der Waals surface area contributed by atoms with Crippen LogP contribution in [-0.2, 0) is 25.2 Å². The summed E-state index contributed by atoms with van der Waals surface area (Å²) < 4.78 is 37.4. The van der Waals surface area contributed by atoms with Gasteiger partial charge in [-0.05, 0) is 76.5 Å². The second kappa shape index (κ2) is 7.35. The van der Waals surface area contributed by atoms with Crippen LogP contribution in [0.5, 0.6) is 0 Å². The highest BCUT2D eigenvalue weighted by atomic mass is 19.1. The fourth-order valence-electron chi connectivity index (χ4n) is 3.13. The molecule has 2 heterocycles. The van der Waals surface area contributed by atoms with Crippen molar-refractivity contribution in [1.82, 2.24) is 0 Å². The molecular weight excluding hydrogens is 322 g/mol. The maximum Gasteiger partial charge on any atom is 0.495 e. The Balaban J connectivity index is 1.68. The maximum absolute atomic E-state index is 13.8. The van der Waals surface area contributed by atoms with E-state index in [1.54, 1.807) is 12.1 Å². The molecule has 2 saturated heterocycles. The predicted molar refractivity (Wildman–Crippen MR) is 95.4 cm³/mol. The predicted octanol–water partition coefficient (Wildman–Crippen LogP) is 3.21. The summed E-state index contributed by atoms with van der Waals surface area (Å²) in [4.78, 5) is 0. The fraction of sp³-hybridized carbons (Fsp3) is 0.684. The molecule has 1 aromatic carbocycles. The number of benzene rings is 1. The monoisotopic (exact) mass is 350 g/mol. The van der Waals surface area contributed by atoms with Crippen LogP contribution in [0, 0.1) is 5.82 Å². The van der Waals surface area contributed by atoms with Crippen molar-refractivity contribution < 1.29 is 23.2 Å². The fourth-order valence-corrected chi connectivity index (χ4v) is 3.13. The highest BCUT2D eigenvalue weighted by Gasteiger charge is 2.52. The third kappa shape index (κ3) is 4.25. The molecule has 0 N–H and O–H groups in total. The van der Waals surface area contributed by atoms with E-state index in [0.717, 1.165) is 36.9 Å². The average Bonchev–Trinajstić information content (AvgIpc) is 2.76. The Hall–Kier alpha value is -0.945. The Morgan fingerprint density at radius 2 is 1.88 bits per heavy atom. The lowest BCUT2D eigenvalue weighted by molar-refractivity contribution is -0.161. The molecule has 0 spiro atoms. The Morgan fingerprint density at radius 1 is 1.16 bits per heavy atom. The number of rotatable bonds is 5. The van der Waals surface area contributed by atoms with Gasteiger partial charge in [0.15, 0.2) is 6.29 Å². The summed E-state index contributed by atoms with van der Waals surface area (Å²) in [6.45, 7) is 9.29. The molecule has 1 unspecified atom stereocenters. The van der Waals surface area contributed by atoms with Gasteiger partial charge in [0.25, 0.3) is 0 Å². The van der Waals surface area contributed by atoms with Crippen LogP contribution < -0.4 is 5.46 Å². The summed E-state index contributed by atoms with van der Waals surface area (Å²) in [6, 6.07) is 4.75. The average molecular weight is 350 g/mol. The number of hydrogen-bond donors (Lipinski definition) is 0. The van der Waals surface area contributed by atoms with E-state index in [1.165, 1.54) is 6.07 Å². The molecule has 25 heavy (non-hydrogen) atoms. The first-order valence-electron chi connectivity index (χ1n) is 9.16. The number of ether oxygens (including phenoxy) is 2. The van der Waals surface area contributed by atoms with Gasteiger partial charge in [-0.1, -0.05) is 6.07 Å². The molecule has 1 atom stereocenters. The van der Waals surface area contributed by atoms with Gasteiger partial charge < -0.3 is 18.8 Å². The Morgan fingerprint density at radius 3 is 2.52 bits per heavy atom. The van der Waals surface area contributed by atoms with Crippen molar-refractivity contribution in [3.05, 3.63) is 29.6 Å². The minimum absolute atomic E-state index is 0.136. The van der Waals surface area contributed by atoms with Crippen LogP contribution in [0.2, 0.25) is 0 Å². The lowest BCUT2D eigenvalue weighted by atomic mass is 9.75. The standard InChI is InChI=1S/C19H28BFO4/c1-18(2)19(3,4)25-20(24-18)16-9-8-15(21)13-14(16)10-12-23-17-7-5-6-11-22-17/h8-9,13,17H,5-7,10-12H2,1-4H3. The molecule has 1 aromatic rings. The SMILES string of the molecule is CC1(C)OB(c2ccc(F)cc2CCOC2CCCCO2)OC1(C)C. The van der Waals surface area contributed by atoms with Crippen LogP contribution in [0.15, 0.2) is 18.2 Å². The first-order valence-corrected chi connectivity index (χ1v) is 9.16. The lowest BCUT2D eigenvalue weighted by Gasteiger charge is -2.32. The summed E-state index contributed by atoms with van der Waals surface area (Å²) in [5.74, 6) is -0.260. The van der Waals surface area contributed by atoms with Gasteiger partial charge in [-0.25, -0.2) is 4.39 Å². The van der Waals surface area contributed by atoms with Crippen LogP contribution in [0.1, 0.15) is 52.5 Å². The smallest absolute Gasteiger partial charge is 0.399 e. The summed E-state index contributed by atoms with van der Waals surface area (Å²) >= 11 is 0. The third-order valence-corrected chi connectivity index (χ3v) is 5.43. The summed E-state index contributed by atoms with van der Waals surface area (Å²) in [7, 11) is -0.494. The highest BCUT2D eigenvalue weighted by molar-refractivity contribution is 6.62. The topological polar surface area (TPSA) is 36.9 Å². The maximum atomic E-state index is 13.8. The second-order valence-electron chi connectivity index (χ2n) is 7.85. The Labute approximate surface area is 150 Å². The van der Waals surface area contributed by atoms with Crippen LogP contribution in [0.25, 0.3) is 0 Å². The van der Waals surface area contributed by atoms with Gasteiger partial charge in [0, 0.05) is 6.61 Å². The molecule has 2 aliphatic rings. The summed E-state index contributed by atoms with van der Waals surface area (Å²) in [5, 5.41) is 0. The van der Waals surface area contributed by atoms with E-state index in [0.29, 0.717) is 13.0 Å². The molecule has 0 bridgehead atoms. The molecule has 0 saturated carbocycles. The molecule has 138 valence electrons. The molecule has 0 amide bonds. The summed E-state index contributed by atoms with van der Waals surface area (Å²) in [6.07, 6.45) is 3.60. The highest BCUT2D eigenvalue weighted by Crippen LogP contribution is 2.36. The van der Waals surface area contributed by atoms with Crippen molar-refractivity contribution in [2.45, 2.75) is 70.9 Å². The van der Waals surface area contributed by atoms with Gasteiger partial charge >= 0.3 is 7.12 Å². The van der Waals surface area contributed by atoms with Gasteiger partial charge in [-0.2, -0.15) is 0 Å². The molecule has 6 heteroatoms. The number of hydrogen-bond acceptors (Lipinski definition) is 4. The molecule has 0 radical (unpaired) electrons. The molecule has 2 aliphatic heterocycles. The van der Waals surface area contributed by atoms with Crippen molar-refractivity contribution >= 4 is 12.6 Å². The van der Waals surface area contributed by atoms with Crippen LogP contribution in [0.3, 0.4) is 0 Å². The zero-order valence-corrected chi connectivity index (χ0v) is 15.6. The normalized spacial score (nSPS) is 25.3. The Kier molecular flexibility index (Phi) is 5.54. The molecule has 3 rings (SSSR count). The van der Waals surface area contributed by atoms with Crippen molar-refractivity contribution in [1.29, 1.82) is 0 Å². The van der Waals surface area contributed by atoms with E-state index < -0.39 is 18.3 Å².